The first-order valence-corrected chi connectivity index (χ1v) is 8.63. The molecule has 1 atom stereocenters. The number of likely N-dealkylation sites (tertiary alicyclic amines) is 1. The standard InChI is InChI=1S/C18H21ClN4O2/c1-22(2)16-17(21-10-9-20-16)25-13-6-5-11-23(12-13)18(24)14-7-3-4-8-15(14)19/h3-4,7-10,13H,5-6,11-12H2,1-2H3. The largest absolute Gasteiger partial charge is 0.470 e. The van der Waals surface area contributed by atoms with E-state index in [1.54, 1.807) is 29.4 Å². The Bertz CT molecular complexity index is 753. The molecule has 1 unspecified atom stereocenters. The summed E-state index contributed by atoms with van der Waals surface area (Å²) < 4.78 is 6.05. The summed E-state index contributed by atoms with van der Waals surface area (Å²) in [4.78, 5) is 25.0. The highest BCUT2D eigenvalue weighted by molar-refractivity contribution is 6.33. The number of carbonyl (C=O) groups is 1. The Morgan fingerprint density at radius 3 is 2.80 bits per heavy atom. The van der Waals surface area contributed by atoms with Crippen LogP contribution in [0.1, 0.15) is 23.2 Å². The first kappa shape index (κ1) is 17.5. The van der Waals surface area contributed by atoms with Crippen molar-refractivity contribution in [2.24, 2.45) is 0 Å². The fraction of sp³-hybridized carbons (Fsp3) is 0.389. The Hall–Kier alpha value is -2.34. The summed E-state index contributed by atoms with van der Waals surface area (Å²) in [6, 6.07) is 7.12. The highest BCUT2D eigenvalue weighted by atomic mass is 35.5. The lowest BCUT2D eigenvalue weighted by atomic mass is 10.1. The molecular weight excluding hydrogens is 340 g/mol. The number of hydrogen-bond donors (Lipinski definition) is 0. The summed E-state index contributed by atoms with van der Waals surface area (Å²) in [7, 11) is 3.79. The minimum Gasteiger partial charge on any atom is -0.470 e. The van der Waals surface area contributed by atoms with Gasteiger partial charge < -0.3 is 14.5 Å². The van der Waals surface area contributed by atoms with Crippen molar-refractivity contribution in [2.45, 2.75) is 18.9 Å². The summed E-state index contributed by atoms with van der Waals surface area (Å²) in [5.41, 5.74) is 0.526. The second kappa shape index (κ2) is 7.70. The molecule has 0 aliphatic carbocycles. The smallest absolute Gasteiger partial charge is 0.257 e. The highest BCUT2D eigenvalue weighted by Crippen LogP contribution is 2.25. The molecule has 2 heterocycles. The van der Waals surface area contributed by atoms with E-state index in [1.165, 1.54) is 0 Å². The molecule has 0 saturated carbocycles. The summed E-state index contributed by atoms with van der Waals surface area (Å²) in [6.07, 6.45) is 4.87. The van der Waals surface area contributed by atoms with Gasteiger partial charge in [0.05, 0.1) is 17.1 Å². The first-order valence-electron chi connectivity index (χ1n) is 8.25. The molecule has 1 fully saturated rings. The van der Waals surface area contributed by atoms with Gasteiger partial charge in [0.1, 0.15) is 6.10 Å². The van der Waals surface area contributed by atoms with Crippen molar-refractivity contribution in [3.63, 3.8) is 0 Å². The van der Waals surface area contributed by atoms with Gasteiger partial charge in [-0.15, -0.1) is 0 Å². The van der Waals surface area contributed by atoms with Gasteiger partial charge >= 0.3 is 0 Å². The van der Waals surface area contributed by atoms with Gasteiger partial charge in [-0.2, -0.15) is 0 Å². The molecule has 0 radical (unpaired) electrons. The van der Waals surface area contributed by atoms with Crippen LogP contribution in [0.5, 0.6) is 5.88 Å². The van der Waals surface area contributed by atoms with E-state index in [4.69, 9.17) is 16.3 Å². The number of carbonyl (C=O) groups excluding carboxylic acids is 1. The summed E-state index contributed by atoms with van der Waals surface area (Å²) in [5, 5.41) is 0.472. The molecule has 0 bridgehead atoms. The second-order valence-electron chi connectivity index (χ2n) is 6.19. The predicted octanol–water partition coefficient (Wildman–Crippen LogP) is 2.88. The van der Waals surface area contributed by atoms with E-state index in [0.29, 0.717) is 35.4 Å². The Morgan fingerprint density at radius 1 is 1.28 bits per heavy atom. The van der Waals surface area contributed by atoms with Crippen molar-refractivity contribution in [1.82, 2.24) is 14.9 Å². The Morgan fingerprint density at radius 2 is 2.04 bits per heavy atom. The zero-order valence-electron chi connectivity index (χ0n) is 14.4. The molecule has 25 heavy (non-hydrogen) atoms. The average Bonchev–Trinajstić information content (AvgIpc) is 2.62. The lowest BCUT2D eigenvalue weighted by Gasteiger charge is -2.33. The number of anilines is 1. The van der Waals surface area contributed by atoms with Crippen LogP contribution in [0.15, 0.2) is 36.7 Å². The van der Waals surface area contributed by atoms with Crippen LogP contribution >= 0.6 is 11.6 Å². The molecule has 7 heteroatoms. The van der Waals surface area contributed by atoms with Crippen LogP contribution < -0.4 is 9.64 Å². The van der Waals surface area contributed by atoms with Crippen LogP contribution in [0.3, 0.4) is 0 Å². The Balaban J connectivity index is 1.72. The van der Waals surface area contributed by atoms with E-state index < -0.39 is 0 Å². The number of ether oxygens (including phenoxy) is 1. The van der Waals surface area contributed by atoms with Gasteiger partial charge in [0, 0.05) is 33.0 Å². The van der Waals surface area contributed by atoms with E-state index in [-0.39, 0.29) is 12.0 Å². The topological polar surface area (TPSA) is 58.6 Å². The van der Waals surface area contributed by atoms with Crippen molar-refractivity contribution in [2.75, 3.05) is 32.1 Å². The van der Waals surface area contributed by atoms with Crippen LogP contribution in [0, 0.1) is 0 Å². The lowest BCUT2D eigenvalue weighted by molar-refractivity contribution is 0.0528. The van der Waals surface area contributed by atoms with Gasteiger partial charge in [-0.05, 0) is 25.0 Å². The van der Waals surface area contributed by atoms with Crippen molar-refractivity contribution < 1.29 is 9.53 Å². The summed E-state index contributed by atoms with van der Waals surface area (Å²) in [5.74, 6) is 1.10. The number of amides is 1. The fourth-order valence-electron chi connectivity index (χ4n) is 2.89. The van der Waals surface area contributed by atoms with Crippen LogP contribution in [-0.2, 0) is 0 Å². The van der Waals surface area contributed by atoms with E-state index >= 15 is 0 Å². The third-order valence-corrected chi connectivity index (χ3v) is 4.45. The fourth-order valence-corrected chi connectivity index (χ4v) is 3.11. The SMILES string of the molecule is CN(C)c1nccnc1OC1CCCN(C(=O)c2ccccc2Cl)C1. The minimum atomic E-state index is -0.115. The van der Waals surface area contributed by atoms with Crippen molar-refractivity contribution >= 4 is 23.3 Å². The first-order chi connectivity index (χ1) is 12.1. The van der Waals surface area contributed by atoms with Crippen molar-refractivity contribution in [3.05, 3.63) is 47.2 Å². The van der Waals surface area contributed by atoms with E-state index in [2.05, 4.69) is 9.97 Å². The molecule has 0 spiro atoms. The lowest BCUT2D eigenvalue weighted by Crippen LogP contribution is -2.44. The number of piperidine rings is 1. The van der Waals surface area contributed by atoms with Gasteiger partial charge in [0.2, 0.25) is 0 Å². The third kappa shape index (κ3) is 4.02. The van der Waals surface area contributed by atoms with Crippen molar-refractivity contribution in [1.29, 1.82) is 0 Å². The second-order valence-corrected chi connectivity index (χ2v) is 6.60. The van der Waals surface area contributed by atoms with E-state index in [9.17, 15) is 4.79 Å². The number of aromatic nitrogens is 2. The third-order valence-electron chi connectivity index (χ3n) is 4.12. The van der Waals surface area contributed by atoms with E-state index in [1.807, 2.05) is 31.1 Å². The van der Waals surface area contributed by atoms with Gasteiger partial charge in [-0.25, -0.2) is 9.97 Å². The number of benzene rings is 1. The van der Waals surface area contributed by atoms with Crippen LogP contribution in [0.25, 0.3) is 0 Å². The molecule has 1 saturated heterocycles. The highest BCUT2D eigenvalue weighted by Gasteiger charge is 2.27. The number of rotatable bonds is 4. The summed E-state index contributed by atoms with van der Waals surface area (Å²) >= 11 is 6.16. The molecule has 0 N–H and O–H groups in total. The van der Waals surface area contributed by atoms with Gasteiger partial charge in [0.15, 0.2) is 5.82 Å². The molecule has 132 valence electrons. The van der Waals surface area contributed by atoms with Gasteiger partial charge in [-0.3, -0.25) is 4.79 Å². The molecule has 6 nitrogen and oxygen atoms in total. The molecule has 1 amide bonds. The van der Waals surface area contributed by atoms with Crippen LogP contribution in [-0.4, -0.2) is 54.1 Å². The Kier molecular flexibility index (Phi) is 5.38. The molecular formula is C18H21ClN4O2. The predicted molar refractivity (Wildman–Crippen MR) is 97.4 cm³/mol. The molecule has 1 aliphatic heterocycles. The normalized spacial score (nSPS) is 17.2. The summed E-state index contributed by atoms with van der Waals surface area (Å²) in [6.45, 7) is 1.21. The maximum Gasteiger partial charge on any atom is 0.257 e. The molecule has 1 aliphatic rings. The van der Waals surface area contributed by atoms with Gasteiger partial charge in [-0.1, -0.05) is 23.7 Å². The minimum absolute atomic E-state index is 0.0640. The number of hydrogen-bond acceptors (Lipinski definition) is 5. The monoisotopic (exact) mass is 360 g/mol. The zero-order valence-corrected chi connectivity index (χ0v) is 15.1. The molecule has 1 aromatic heterocycles. The van der Waals surface area contributed by atoms with Crippen LogP contribution in [0.2, 0.25) is 5.02 Å². The van der Waals surface area contributed by atoms with E-state index in [0.717, 1.165) is 12.8 Å². The molecule has 1 aromatic carbocycles. The number of nitrogens with zero attached hydrogens (tertiary/aromatic N) is 4. The molecule has 2 aromatic rings. The maximum absolute atomic E-state index is 12.7. The quantitative estimate of drug-likeness (QED) is 0.839. The van der Waals surface area contributed by atoms with Gasteiger partial charge in [0.25, 0.3) is 11.8 Å². The molecule has 3 rings (SSSR count). The maximum atomic E-state index is 12.7. The zero-order chi connectivity index (χ0) is 17.8. The van der Waals surface area contributed by atoms with Crippen molar-refractivity contribution in [3.8, 4) is 5.88 Å². The van der Waals surface area contributed by atoms with Crippen LogP contribution in [0.4, 0.5) is 5.82 Å². The number of halogens is 1. The average molecular weight is 361 g/mol. The Labute approximate surface area is 152 Å².